The number of carbonyl (C=O) groups excluding carboxylic acids is 1. The number of carbonyl (C=O) groups is 1. The van der Waals surface area contributed by atoms with Crippen LogP contribution in [0.4, 0.5) is 5.82 Å². The highest BCUT2D eigenvalue weighted by Gasteiger charge is 2.22. The Hall–Kier alpha value is -2.40. The van der Waals surface area contributed by atoms with Crippen molar-refractivity contribution in [1.29, 1.82) is 0 Å². The first kappa shape index (κ1) is 15.5. The van der Waals surface area contributed by atoms with Gasteiger partial charge in [0.15, 0.2) is 0 Å². The molecule has 0 spiro atoms. The van der Waals surface area contributed by atoms with Crippen LogP contribution < -0.4 is 5.32 Å². The summed E-state index contributed by atoms with van der Waals surface area (Å²) in [5.74, 6) is 0.807. The van der Waals surface area contributed by atoms with Crippen LogP contribution in [0.3, 0.4) is 0 Å². The number of benzene rings is 1. The summed E-state index contributed by atoms with van der Waals surface area (Å²) >= 11 is 0. The van der Waals surface area contributed by atoms with Crippen LogP contribution in [-0.4, -0.2) is 53.9 Å². The van der Waals surface area contributed by atoms with E-state index in [2.05, 4.69) is 39.5 Å². The topological polar surface area (TPSA) is 48.5 Å². The molecule has 1 aromatic heterocycles. The fourth-order valence-electron chi connectivity index (χ4n) is 2.83. The van der Waals surface area contributed by atoms with Crippen molar-refractivity contribution in [3.8, 4) is 0 Å². The molecule has 1 aliphatic rings. The van der Waals surface area contributed by atoms with Crippen molar-refractivity contribution >= 4 is 11.7 Å². The van der Waals surface area contributed by atoms with Crippen molar-refractivity contribution in [3.63, 3.8) is 0 Å². The third-order valence-electron chi connectivity index (χ3n) is 4.17. The molecule has 5 nitrogen and oxygen atoms in total. The lowest BCUT2D eigenvalue weighted by Gasteiger charge is -2.34. The highest BCUT2D eigenvalue weighted by molar-refractivity contribution is 5.94. The van der Waals surface area contributed by atoms with E-state index in [0.717, 1.165) is 38.5 Å². The summed E-state index contributed by atoms with van der Waals surface area (Å²) in [6.45, 7) is 4.29. The molecule has 1 N–H and O–H groups in total. The first-order valence-electron chi connectivity index (χ1n) is 7.95. The Morgan fingerprint density at radius 2 is 1.87 bits per heavy atom. The normalized spacial score (nSPS) is 15.4. The summed E-state index contributed by atoms with van der Waals surface area (Å²) in [6, 6.07) is 14.0. The Kier molecular flexibility index (Phi) is 4.88. The average molecular weight is 310 g/mol. The van der Waals surface area contributed by atoms with Crippen LogP contribution in [0.1, 0.15) is 15.9 Å². The zero-order valence-electron chi connectivity index (χ0n) is 13.4. The molecule has 1 amide bonds. The molecule has 1 aliphatic heterocycles. The number of aromatic nitrogens is 1. The zero-order valence-corrected chi connectivity index (χ0v) is 13.4. The predicted molar refractivity (Wildman–Crippen MR) is 91.4 cm³/mol. The number of rotatable bonds is 4. The molecule has 1 saturated heterocycles. The van der Waals surface area contributed by atoms with Crippen LogP contribution >= 0.6 is 0 Å². The maximum atomic E-state index is 12.6. The van der Waals surface area contributed by atoms with Gasteiger partial charge in [-0.1, -0.05) is 30.3 Å². The van der Waals surface area contributed by atoms with Gasteiger partial charge in [-0.2, -0.15) is 0 Å². The summed E-state index contributed by atoms with van der Waals surface area (Å²) in [7, 11) is 1.80. The average Bonchev–Trinajstić information content (AvgIpc) is 2.63. The van der Waals surface area contributed by atoms with Gasteiger partial charge in [-0.25, -0.2) is 4.98 Å². The smallest absolute Gasteiger partial charge is 0.254 e. The molecule has 120 valence electrons. The van der Waals surface area contributed by atoms with E-state index in [0.29, 0.717) is 5.56 Å². The van der Waals surface area contributed by atoms with Gasteiger partial charge in [0.1, 0.15) is 5.82 Å². The van der Waals surface area contributed by atoms with E-state index in [1.165, 1.54) is 5.56 Å². The first-order valence-corrected chi connectivity index (χ1v) is 7.95. The molecule has 2 heterocycles. The number of hydrogen-bond acceptors (Lipinski definition) is 4. The maximum Gasteiger partial charge on any atom is 0.254 e. The monoisotopic (exact) mass is 310 g/mol. The Morgan fingerprint density at radius 1 is 1.13 bits per heavy atom. The van der Waals surface area contributed by atoms with Crippen LogP contribution in [-0.2, 0) is 6.54 Å². The molecule has 0 atom stereocenters. The SMILES string of the molecule is CNc1cc(C(=O)N2CCN(Cc3ccccc3)CC2)ccn1. The van der Waals surface area contributed by atoms with Gasteiger partial charge in [0, 0.05) is 51.5 Å². The Morgan fingerprint density at radius 3 is 2.57 bits per heavy atom. The van der Waals surface area contributed by atoms with Crippen molar-refractivity contribution in [2.24, 2.45) is 0 Å². The highest BCUT2D eigenvalue weighted by Crippen LogP contribution is 2.13. The molecule has 0 unspecified atom stereocenters. The molecule has 23 heavy (non-hydrogen) atoms. The van der Waals surface area contributed by atoms with E-state index in [1.807, 2.05) is 11.0 Å². The molecule has 3 rings (SSSR count). The van der Waals surface area contributed by atoms with E-state index in [1.54, 1.807) is 25.4 Å². The molecule has 0 radical (unpaired) electrons. The van der Waals surface area contributed by atoms with Gasteiger partial charge < -0.3 is 10.2 Å². The van der Waals surface area contributed by atoms with Gasteiger partial charge in [-0.15, -0.1) is 0 Å². The van der Waals surface area contributed by atoms with Crippen molar-refractivity contribution < 1.29 is 4.79 Å². The van der Waals surface area contributed by atoms with Crippen LogP contribution in [0.2, 0.25) is 0 Å². The Balaban J connectivity index is 1.57. The highest BCUT2D eigenvalue weighted by atomic mass is 16.2. The molecular weight excluding hydrogens is 288 g/mol. The van der Waals surface area contributed by atoms with Crippen LogP contribution in [0.25, 0.3) is 0 Å². The largest absolute Gasteiger partial charge is 0.373 e. The number of anilines is 1. The quantitative estimate of drug-likeness (QED) is 0.939. The van der Waals surface area contributed by atoms with Crippen molar-refractivity contribution in [1.82, 2.24) is 14.8 Å². The van der Waals surface area contributed by atoms with E-state index in [-0.39, 0.29) is 5.91 Å². The molecular formula is C18H22N4O. The lowest BCUT2D eigenvalue weighted by Crippen LogP contribution is -2.48. The number of pyridine rings is 1. The standard InChI is InChI=1S/C18H22N4O/c1-19-17-13-16(7-8-20-17)18(23)22-11-9-21(10-12-22)14-15-5-3-2-4-6-15/h2-8,13H,9-12,14H2,1H3,(H,19,20). The van der Waals surface area contributed by atoms with Crippen molar-refractivity contribution in [3.05, 3.63) is 59.8 Å². The van der Waals surface area contributed by atoms with E-state index >= 15 is 0 Å². The van der Waals surface area contributed by atoms with Gasteiger partial charge in [0.05, 0.1) is 0 Å². The summed E-state index contributed by atoms with van der Waals surface area (Å²) in [6.07, 6.45) is 1.67. The zero-order chi connectivity index (χ0) is 16.1. The summed E-state index contributed by atoms with van der Waals surface area (Å²) in [5, 5.41) is 2.97. The van der Waals surface area contributed by atoms with Gasteiger partial charge in [-0.05, 0) is 17.7 Å². The Bertz CT molecular complexity index is 651. The minimum absolute atomic E-state index is 0.0864. The summed E-state index contributed by atoms with van der Waals surface area (Å²) in [4.78, 5) is 21.1. The molecule has 1 fully saturated rings. The molecule has 1 aromatic carbocycles. The molecule has 0 saturated carbocycles. The Labute approximate surface area is 136 Å². The van der Waals surface area contributed by atoms with Gasteiger partial charge in [0.2, 0.25) is 0 Å². The second-order valence-electron chi connectivity index (χ2n) is 5.73. The number of nitrogens with one attached hydrogen (secondary N) is 1. The number of hydrogen-bond donors (Lipinski definition) is 1. The molecule has 2 aromatic rings. The van der Waals surface area contributed by atoms with E-state index < -0.39 is 0 Å². The molecule has 0 aliphatic carbocycles. The van der Waals surface area contributed by atoms with Crippen LogP contribution in [0.5, 0.6) is 0 Å². The molecule has 5 heteroatoms. The van der Waals surface area contributed by atoms with Crippen LogP contribution in [0, 0.1) is 0 Å². The van der Waals surface area contributed by atoms with Gasteiger partial charge >= 0.3 is 0 Å². The maximum absolute atomic E-state index is 12.6. The summed E-state index contributed by atoms with van der Waals surface area (Å²) in [5.41, 5.74) is 2.01. The van der Waals surface area contributed by atoms with Crippen LogP contribution in [0.15, 0.2) is 48.7 Å². The second-order valence-corrected chi connectivity index (χ2v) is 5.73. The number of piperazine rings is 1. The number of nitrogens with zero attached hydrogens (tertiary/aromatic N) is 3. The summed E-state index contributed by atoms with van der Waals surface area (Å²) < 4.78 is 0. The van der Waals surface area contributed by atoms with Crippen molar-refractivity contribution in [2.45, 2.75) is 6.54 Å². The fraction of sp³-hybridized carbons (Fsp3) is 0.333. The lowest BCUT2D eigenvalue weighted by atomic mass is 10.1. The first-order chi connectivity index (χ1) is 11.3. The fourth-order valence-corrected chi connectivity index (χ4v) is 2.83. The van der Waals surface area contributed by atoms with Gasteiger partial charge in [0.25, 0.3) is 5.91 Å². The second kappa shape index (κ2) is 7.24. The van der Waals surface area contributed by atoms with E-state index in [4.69, 9.17) is 0 Å². The third-order valence-corrected chi connectivity index (χ3v) is 4.17. The minimum Gasteiger partial charge on any atom is -0.373 e. The third kappa shape index (κ3) is 3.87. The van der Waals surface area contributed by atoms with Gasteiger partial charge in [-0.3, -0.25) is 9.69 Å². The minimum atomic E-state index is 0.0864. The van der Waals surface area contributed by atoms with Crippen molar-refractivity contribution in [2.75, 3.05) is 38.5 Å². The van der Waals surface area contributed by atoms with E-state index in [9.17, 15) is 4.79 Å². The molecule has 0 bridgehead atoms. The number of amides is 1. The predicted octanol–water partition coefficient (Wildman–Crippen LogP) is 2.08. The lowest BCUT2D eigenvalue weighted by molar-refractivity contribution is 0.0628.